The van der Waals surface area contributed by atoms with Crippen LogP contribution in [0.5, 0.6) is 0 Å². The van der Waals surface area contributed by atoms with Crippen LogP contribution in [0.2, 0.25) is 0 Å². The zero-order valence-corrected chi connectivity index (χ0v) is 28.6. The van der Waals surface area contributed by atoms with Crippen molar-refractivity contribution in [2.75, 3.05) is 0 Å². The normalized spacial score (nSPS) is 15.8. The van der Waals surface area contributed by atoms with Gasteiger partial charge in [0.2, 0.25) is 0 Å². The Kier molecular flexibility index (Phi) is 8.31. The first-order valence-corrected chi connectivity index (χ1v) is 17.6. The molecular weight excluding hydrogens is 560 g/mol. The monoisotopic (exact) mass is 608 g/mol. The molecule has 4 heteroatoms. The summed E-state index contributed by atoms with van der Waals surface area (Å²) in [5.74, 6) is 0. The van der Waals surface area contributed by atoms with E-state index in [-0.39, 0.29) is 0 Å². The van der Waals surface area contributed by atoms with Gasteiger partial charge in [-0.2, -0.15) is 0 Å². The number of hydrogen-bond acceptors (Lipinski definition) is 2. The molecule has 0 saturated carbocycles. The van der Waals surface area contributed by atoms with Crippen LogP contribution in [0.1, 0.15) is 122 Å². The summed E-state index contributed by atoms with van der Waals surface area (Å²) in [7, 11) is 0. The molecule has 46 heavy (non-hydrogen) atoms. The fraction of sp³-hybridized carbons (Fsp3) is 0.381. The Balaban J connectivity index is 1.53. The van der Waals surface area contributed by atoms with Crippen molar-refractivity contribution >= 4 is 44.4 Å². The molecule has 2 N–H and O–H groups in total. The van der Waals surface area contributed by atoms with Gasteiger partial charge >= 0.3 is 0 Å². The SMILES string of the molecule is CCC1=C(C)c2cc3nc4cc5[nH]c(cc6[nH]c(cc1n2)c(c6C)CCCCc1ccc(cc1)CCCCC4=C3C)c(C)c5CC. The number of allylic oxidation sites excluding steroid dienone is 4. The maximum atomic E-state index is 5.33. The van der Waals surface area contributed by atoms with E-state index in [0.717, 1.165) is 74.1 Å². The van der Waals surface area contributed by atoms with Gasteiger partial charge in [0.05, 0.1) is 22.8 Å². The van der Waals surface area contributed by atoms with E-state index in [2.05, 4.69) is 100 Å². The number of aryl methyl sites for hydroxylation is 6. The highest BCUT2D eigenvalue weighted by Gasteiger charge is 2.21. The Morgan fingerprint density at radius 1 is 0.543 bits per heavy atom. The number of nitrogens with one attached hydrogen (secondary N) is 2. The number of H-pyrrole nitrogens is 2. The van der Waals surface area contributed by atoms with Crippen LogP contribution >= 0.6 is 0 Å². The second kappa shape index (κ2) is 12.5. The summed E-state index contributed by atoms with van der Waals surface area (Å²) in [4.78, 5) is 18.3. The molecule has 0 aliphatic carbocycles. The predicted molar refractivity (Wildman–Crippen MR) is 196 cm³/mol. The van der Waals surface area contributed by atoms with Crippen LogP contribution in [0.15, 0.2) is 48.5 Å². The second-order valence-corrected chi connectivity index (χ2v) is 13.6. The fourth-order valence-corrected chi connectivity index (χ4v) is 7.89. The van der Waals surface area contributed by atoms with Gasteiger partial charge in [0.15, 0.2) is 0 Å². The van der Waals surface area contributed by atoms with E-state index >= 15 is 0 Å². The highest BCUT2D eigenvalue weighted by atomic mass is 14.8. The van der Waals surface area contributed by atoms with E-state index in [1.165, 1.54) is 90.6 Å². The molecule has 0 amide bonds. The van der Waals surface area contributed by atoms with Gasteiger partial charge in [-0.1, -0.05) is 38.1 Å². The van der Waals surface area contributed by atoms with Crippen molar-refractivity contribution in [3.63, 3.8) is 0 Å². The molecule has 12 bridgehead atoms. The van der Waals surface area contributed by atoms with Crippen LogP contribution in [0.25, 0.3) is 44.4 Å². The molecule has 9 heterocycles. The molecule has 0 radical (unpaired) electrons. The van der Waals surface area contributed by atoms with Gasteiger partial charge in [0.25, 0.3) is 0 Å². The Labute approximate surface area is 274 Å². The summed E-state index contributed by atoms with van der Waals surface area (Å²) in [5, 5.41) is 0. The lowest BCUT2D eigenvalue weighted by Gasteiger charge is -2.07. The third kappa shape index (κ3) is 5.57. The standard InChI is InChI=1S/C42H48N4/c1-7-31-25(3)35-21-37-28(6)34-16-12-10-14-30-19-17-29(18-20-30)13-9-11-15-33-27(5)38(45-41(33)23-39(31)43-35)22-36-26(4)32(8-2)40(44-36)24-42(34)46-37/h17-24,43,46H,7-16H2,1-6H3. The second-order valence-electron chi connectivity index (χ2n) is 13.6. The summed E-state index contributed by atoms with van der Waals surface area (Å²) < 4.78 is 0. The van der Waals surface area contributed by atoms with Gasteiger partial charge in [-0.15, -0.1) is 0 Å². The minimum Gasteiger partial charge on any atom is -0.355 e. The largest absolute Gasteiger partial charge is 0.355 e. The van der Waals surface area contributed by atoms with Crippen molar-refractivity contribution in [1.29, 1.82) is 0 Å². The predicted octanol–water partition coefficient (Wildman–Crippen LogP) is 11.1. The first kappa shape index (κ1) is 30.5. The van der Waals surface area contributed by atoms with Crippen molar-refractivity contribution < 1.29 is 0 Å². The summed E-state index contributed by atoms with van der Waals surface area (Å²) in [5.41, 5.74) is 22.6. The maximum Gasteiger partial charge on any atom is 0.0693 e. The van der Waals surface area contributed by atoms with E-state index < -0.39 is 0 Å². The maximum absolute atomic E-state index is 5.33. The fourth-order valence-electron chi connectivity index (χ4n) is 7.89. The van der Waals surface area contributed by atoms with Crippen LogP contribution in [-0.2, 0) is 25.7 Å². The minimum absolute atomic E-state index is 0.951. The molecule has 4 aromatic rings. The molecular formula is C42H48N4. The van der Waals surface area contributed by atoms with Gasteiger partial charge in [-0.25, -0.2) is 9.97 Å². The molecule has 6 aliphatic heterocycles. The molecule has 4 nitrogen and oxygen atoms in total. The molecule has 10 rings (SSSR count). The third-order valence-corrected chi connectivity index (χ3v) is 10.8. The molecule has 0 saturated heterocycles. The van der Waals surface area contributed by atoms with Crippen molar-refractivity contribution in [3.8, 4) is 0 Å². The lowest BCUT2D eigenvalue weighted by molar-refractivity contribution is 0.733. The van der Waals surface area contributed by atoms with E-state index in [9.17, 15) is 0 Å². The zero-order chi connectivity index (χ0) is 31.9. The molecule has 1 aromatic carbocycles. The van der Waals surface area contributed by atoms with Crippen molar-refractivity contribution in [3.05, 3.63) is 105 Å². The molecule has 0 unspecified atom stereocenters. The molecule has 236 valence electrons. The minimum atomic E-state index is 0.951. The number of hydrogen-bond donors (Lipinski definition) is 2. The van der Waals surface area contributed by atoms with Crippen molar-refractivity contribution in [2.24, 2.45) is 0 Å². The molecule has 3 aromatic heterocycles. The third-order valence-electron chi connectivity index (χ3n) is 10.8. The lowest BCUT2D eigenvalue weighted by Crippen LogP contribution is -1.92. The Hall–Kier alpha value is -4.18. The summed E-state index contributed by atoms with van der Waals surface area (Å²) in [6.07, 6.45) is 10.9. The Morgan fingerprint density at radius 3 is 1.83 bits per heavy atom. The van der Waals surface area contributed by atoms with Gasteiger partial charge in [0, 0.05) is 22.1 Å². The number of benzene rings is 1. The molecule has 6 aliphatic rings. The van der Waals surface area contributed by atoms with E-state index in [1.54, 1.807) is 0 Å². The highest BCUT2D eigenvalue weighted by molar-refractivity contribution is 5.95. The quantitative estimate of drug-likeness (QED) is 0.238. The smallest absolute Gasteiger partial charge is 0.0693 e. The van der Waals surface area contributed by atoms with Crippen molar-refractivity contribution in [1.82, 2.24) is 19.9 Å². The topological polar surface area (TPSA) is 57.4 Å². The summed E-state index contributed by atoms with van der Waals surface area (Å²) >= 11 is 0. The molecule has 0 fully saturated rings. The molecule has 0 atom stereocenters. The molecule has 0 spiro atoms. The van der Waals surface area contributed by atoms with Gasteiger partial charge in [-0.3, -0.25) is 0 Å². The first-order valence-electron chi connectivity index (χ1n) is 17.6. The first-order chi connectivity index (χ1) is 22.3. The van der Waals surface area contributed by atoms with Crippen LogP contribution in [0.4, 0.5) is 0 Å². The zero-order valence-electron chi connectivity index (χ0n) is 28.6. The number of aromatic nitrogens is 4. The van der Waals surface area contributed by atoms with Crippen LogP contribution < -0.4 is 0 Å². The summed E-state index contributed by atoms with van der Waals surface area (Å²) in [6, 6.07) is 18.6. The van der Waals surface area contributed by atoms with E-state index in [1.807, 2.05) is 0 Å². The van der Waals surface area contributed by atoms with Crippen LogP contribution in [0, 0.1) is 13.8 Å². The highest BCUT2D eigenvalue weighted by Crippen LogP contribution is 2.38. The number of nitrogens with zero attached hydrogens (tertiary/aromatic N) is 2. The summed E-state index contributed by atoms with van der Waals surface area (Å²) in [6.45, 7) is 13.6. The Morgan fingerprint density at radius 2 is 1.13 bits per heavy atom. The number of rotatable bonds is 2. The van der Waals surface area contributed by atoms with Gasteiger partial charge in [-0.05, 0) is 172 Å². The van der Waals surface area contributed by atoms with Crippen molar-refractivity contribution in [2.45, 2.75) is 106 Å². The lowest BCUT2D eigenvalue weighted by atomic mass is 9.97. The van der Waals surface area contributed by atoms with Crippen LogP contribution in [-0.4, -0.2) is 19.9 Å². The average Bonchev–Trinajstić information content (AvgIpc) is 3.71. The number of aromatic amines is 2. The van der Waals surface area contributed by atoms with Gasteiger partial charge < -0.3 is 9.97 Å². The van der Waals surface area contributed by atoms with Crippen LogP contribution in [0.3, 0.4) is 0 Å². The van der Waals surface area contributed by atoms with E-state index in [4.69, 9.17) is 9.97 Å². The average molecular weight is 609 g/mol. The Bertz CT molecular complexity index is 2050. The van der Waals surface area contributed by atoms with Gasteiger partial charge in [0.1, 0.15) is 0 Å². The van der Waals surface area contributed by atoms with E-state index in [0.29, 0.717) is 0 Å².